The second-order valence-electron chi connectivity index (χ2n) is 5.98. The van der Waals surface area contributed by atoms with E-state index in [-0.39, 0.29) is 22.8 Å². The smallest absolute Gasteiger partial charge is 0.348 e. The molecule has 0 unspecified atom stereocenters. The lowest BCUT2D eigenvalue weighted by atomic mass is 10.1. The molecule has 0 bridgehead atoms. The lowest BCUT2D eigenvalue weighted by Gasteiger charge is -2.09. The molecule has 29 heavy (non-hydrogen) atoms. The molecule has 0 aliphatic carbocycles. The summed E-state index contributed by atoms with van der Waals surface area (Å²) in [5, 5.41) is 8.68. The number of anilines is 1. The fourth-order valence-corrected chi connectivity index (χ4v) is 3.41. The number of H-pyrrole nitrogens is 1. The Morgan fingerprint density at radius 1 is 1.00 bits per heavy atom. The Morgan fingerprint density at radius 2 is 1.66 bits per heavy atom. The lowest BCUT2D eigenvalue weighted by Crippen LogP contribution is -2.23. The summed E-state index contributed by atoms with van der Waals surface area (Å²) >= 11 is 0. The molecule has 7 nitrogen and oxygen atoms in total. The molecule has 3 N–H and O–H groups in total. The van der Waals surface area contributed by atoms with Crippen molar-refractivity contribution in [3.05, 3.63) is 77.5 Å². The lowest BCUT2D eigenvalue weighted by molar-refractivity contribution is -0.137. The van der Waals surface area contributed by atoms with Crippen LogP contribution in [-0.4, -0.2) is 24.5 Å². The van der Waals surface area contributed by atoms with Crippen LogP contribution in [0.2, 0.25) is 0 Å². The van der Waals surface area contributed by atoms with Crippen molar-refractivity contribution in [1.29, 1.82) is 0 Å². The molecule has 1 aromatic heterocycles. The van der Waals surface area contributed by atoms with Gasteiger partial charge in [0.15, 0.2) is 0 Å². The van der Waals surface area contributed by atoms with Gasteiger partial charge in [-0.1, -0.05) is 12.1 Å². The number of hydrogen-bond donors (Lipinski definition) is 3. The topological polar surface area (TPSA) is 104 Å². The van der Waals surface area contributed by atoms with Crippen LogP contribution in [0.25, 0.3) is 0 Å². The Labute approximate surface area is 164 Å². The standard InChI is InChI=1S/C18H15F3N4O3S/c19-18(20,21)14-5-1-12(2-6-14)11-22-17(26)13-3-7-15(8-4-13)29(27,28)25-16-9-10-23-24-16/h1-10H,11H2,(H,22,26)(H2,23,24,25). The molecule has 152 valence electrons. The highest BCUT2D eigenvalue weighted by Crippen LogP contribution is 2.29. The molecule has 0 aliphatic rings. The van der Waals surface area contributed by atoms with Crippen LogP contribution in [0, 0.1) is 0 Å². The summed E-state index contributed by atoms with van der Waals surface area (Å²) in [5.41, 5.74) is -0.0696. The fraction of sp³-hybridized carbons (Fsp3) is 0.111. The first-order chi connectivity index (χ1) is 13.6. The van der Waals surface area contributed by atoms with Gasteiger partial charge >= 0.3 is 6.18 Å². The number of aromatic amines is 1. The van der Waals surface area contributed by atoms with Gasteiger partial charge < -0.3 is 5.32 Å². The molecule has 0 radical (unpaired) electrons. The molecule has 0 fully saturated rings. The molecule has 2 aromatic carbocycles. The van der Waals surface area contributed by atoms with Crippen molar-refractivity contribution < 1.29 is 26.4 Å². The monoisotopic (exact) mass is 424 g/mol. The van der Waals surface area contributed by atoms with Gasteiger partial charge in [-0.3, -0.25) is 14.6 Å². The second kappa shape index (κ2) is 7.95. The highest BCUT2D eigenvalue weighted by Gasteiger charge is 2.29. The number of carbonyl (C=O) groups is 1. The number of nitrogens with one attached hydrogen (secondary N) is 3. The molecule has 0 aliphatic heterocycles. The van der Waals surface area contributed by atoms with Gasteiger partial charge in [0.2, 0.25) is 0 Å². The van der Waals surface area contributed by atoms with E-state index in [2.05, 4.69) is 20.2 Å². The molecule has 0 spiro atoms. The first kappa shape index (κ1) is 20.4. The predicted molar refractivity (Wildman–Crippen MR) is 98.5 cm³/mol. The van der Waals surface area contributed by atoms with Gasteiger partial charge in [0.25, 0.3) is 15.9 Å². The third-order valence-corrected chi connectivity index (χ3v) is 5.29. The number of aromatic nitrogens is 2. The Kier molecular flexibility index (Phi) is 5.59. The molecular weight excluding hydrogens is 409 g/mol. The Morgan fingerprint density at radius 3 is 2.21 bits per heavy atom. The van der Waals surface area contributed by atoms with E-state index < -0.39 is 27.7 Å². The summed E-state index contributed by atoms with van der Waals surface area (Å²) < 4.78 is 64.5. The maximum Gasteiger partial charge on any atom is 0.416 e. The van der Waals surface area contributed by atoms with Crippen molar-refractivity contribution >= 4 is 21.7 Å². The molecule has 3 aromatic rings. The molecule has 0 atom stereocenters. The first-order valence-electron chi connectivity index (χ1n) is 8.22. The van der Waals surface area contributed by atoms with Crippen molar-refractivity contribution in [2.24, 2.45) is 0 Å². The zero-order valence-corrected chi connectivity index (χ0v) is 15.5. The van der Waals surface area contributed by atoms with Gasteiger partial charge in [0.05, 0.1) is 16.7 Å². The third-order valence-electron chi connectivity index (χ3n) is 3.91. The van der Waals surface area contributed by atoms with E-state index in [0.717, 1.165) is 12.1 Å². The summed E-state index contributed by atoms with van der Waals surface area (Å²) in [6.45, 7) is 0.0262. The van der Waals surface area contributed by atoms with Crippen molar-refractivity contribution in [2.45, 2.75) is 17.6 Å². The number of sulfonamides is 1. The van der Waals surface area contributed by atoms with Gasteiger partial charge in [-0.25, -0.2) is 8.42 Å². The number of halogens is 3. The number of alkyl halides is 3. The van der Waals surface area contributed by atoms with E-state index in [1.54, 1.807) is 0 Å². The first-order valence-corrected chi connectivity index (χ1v) is 9.70. The second-order valence-corrected chi connectivity index (χ2v) is 7.66. The number of benzene rings is 2. The van der Waals surface area contributed by atoms with Crippen LogP contribution < -0.4 is 10.0 Å². The summed E-state index contributed by atoms with van der Waals surface area (Å²) in [5.74, 6) is -0.293. The van der Waals surface area contributed by atoms with Gasteiger partial charge in [-0.2, -0.15) is 18.3 Å². The molecule has 0 saturated carbocycles. The Balaban J connectivity index is 1.62. The average molecular weight is 424 g/mol. The maximum atomic E-state index is 12.6. The van der Waals surface area contributed by atoms with Gasteiger partial charge in [0.1, 0.15) is 5.82 Å². The summed E-state index contributed by atoms with van der Waals surface area (Å²) in [4.78, 5) is 12.1. The minimum Gasteiger partial charge on any atom is -0.348 e. The van der Waals surface area contributed by atoms with Crippen LogP contribution in [0.1, 0.15) is 21.5 Å². The third kappa shape index (κ3) is 5.13. The summed E-state index contributed by atoms with van der Waals surface area (Å²) in [6, 6.07) is 11.1. The van der Waals surface area contributed by atoms with Crippen molar-refractivity contribution in [3.8, 4) is 0 Å². The zero-order valence-electron chi connectivity index (χ0n) is 14.7. The molecule has 1 amide bonds. The maximum absolute atomic E-state index is 12.6. The van der Waals surface area contributed by atoms with Crippen LogP contribution in [0.4, 0.5) is 19.0 Å². The number of amides is 1. The van der Waals surface area contributed by atoms with Crippen LogP contribution in [0.15, 0.2) is 65.7 Å². The van der Waals surface area contributed by atoms with Crippen molar-refractivity contribution in [2.75, 3.05) is 4.72 Å². The van der Waals surface area contributed by atoms with E-state index in [4.69, 9.17) is 0 Å². The zero-order chi connectivity index (χ0) is 21.1. The van der Waals surface area contributed by atoms with Crippen LogP contribution in [0.3, 0.4) is 0 Å². The van der Waals surface area contributed by atoms with Crippen LogP contribution in [-0.2, 0) is 22.7 Å². The molecule has 0 saturated heterocycles. The van der Waals surface area contributed by atoms with E-state index >= 15 is 0 Å². The molecule has 1 heterocycles. The highest BCUT2D eigenvalue weighted by molar-refractivity contribution is 7.92. The predicted octanol–water partition coefficient (Wildman–Crippen LogP) is 3.16. The quantitative estimate of drug-likeness (QED) is 0.565. The molecule has 3 rings (SSSR count). The number of nitrogens with zero attached hydrogens (tertiary/aromatic N) is 1. The van der Waals surface area contributed by atoms with Gasteiger partial charge in [-0.05, 0) is 42.0 Å². The Bertz CT molecular complexity index is 1080. The SMILES string of the molecule is O=C(NCc1ccc(C(F)(F)F)cc1)c1ccc(S(=O)(=O)Nc2ccn[nH]2)cc1. The van der Waals surface area contributed by atoms with Gasteiger partial charge in [0, 0.05) is 18.2 Å². The minimum atomic E-state index is -4.42. The normalized spacial score (nSPS) is 11.8. The minimum absolute atomic E-state index is 0.0262. The fourth-order valence-electron chi connectivity index (χ4n) is 2.40. The number of carbonyl (C=O) groups excluding carboxylic acids is 1. The van der Waals surface area contributed by atoms with E-state index in [1.807, 2.05) is 0 Å². The largest absolute Gasteiger partial charge is 0.416 e. The van der Waals surface area contributed by atoms with Crippen molar-refractivity contribution in [1.82, 2.24) is 15.5 Å². The van der Waals surface area contributed by atoms with E-state index in [1.165, 1.54) is 48.7 Å². The number of rotatable bonds is 6. The highest BCUT2D eigenvalue weighted by atomic mass is 32.2. The number of hydrogen-bond acceptors (Lipinski definition) is 4. The van der Waals surface area contributed by atoms with Gasteiger partial charge in [-0.15, -0.1) is 0 Å². The average Bonchev–Trinajstić information content (AvgIpc) is 3.18. The van der Waals surface area contributed by atoms with E-state index in [0.29, 0.717) is 5.56 Å². The summed E-state index contributed by atoms with van der Waals surface area (Å²) in [6.07, 6.45) is -3.03. The van der Waals surface area contributed by atoms with E-state index in [9.17, 15) is 26.4 Å². The van der Waals surface area contributed by atoms with Crippen molar-refractivity contribution in [3.63, 3.8) is 0 Å². The molecular formula is C18H15F3N4O3S. The van der Waals surface area contributed by atoms with Crippen LogP contribution >= 0.6 is 0 Å². The summed E-state index contributed by atoms with van der Waals surface area (Å²) in [7, 11) is -3.84. The molecule has 11 heteroatoms. The Hall–Kier alpha value is -3.34. The van der Waals surface area contributed by atoms with Crippen LogP contribution in [0.5, 0.6) is 0 Å².